The van der Waals surface area contributed by atoms with E-state index in [4.69, 9.17) is 4.98 Å². The summed E-state index contributed by atoms with van der Waals surface area (Å²) < 4.78 is 18.1. The Kier molecular flexibility index (Phi) is 4.79. The van der Waals surface area contributed by atoms with Crippen LogP contribution in [0.15, 0.2) is 140 Å². The van der Waals surface area contributed by atoms with E-state index in [1.165, 1.54) is 0 Å². The van der Waals surface area contributed by atoms with Crippen LogP contribution in [-0.4, -0.2) is 9.38 Å². The van der Waals surface area contributed by atoms with Gasteiger partial charge in [-0.05, 0) is 29.0 Å². The predicted molar refractivity (Wildman–Crippen MR) is 165 cm³/mol. The van der Waals surface area contributed by atoms with E-state index < -0.39 is 7.14 Å². The maximum Gasteiger partial charge on any atom is 0.171 e. The fourth-order valence-electron chi connectivity index (χ4n) is 6.09. The first-order valence-electron chi connectivity index (χ1n) is 13.1. The number of rotatable bonds is 3. The molecule has 0 aliphatic carbocycles. The molecule has 0 saturated heterocycles. The SMILES string of the molecule is O=P(c1ccccc1)(c1ccccc1)c1cc2ccccc2c2c1c1ccccc1c1nc3ccccc3n12. The molecule has 4 heteroatoms. The molecule has 0 unspecified atom stereocenters. The van der Waals surface area contributed by atoms with Crippen molar-refractivity contribution < 1.29 is 4.57 Å². The molecule has 2 heterocycles. The normalized spacial score (nSPS) is 12.2. The summed E-state index contributed by atoms with van der Waals surface area (Å²) in [6.45, 7) is 0. The van der Waals surface area contributed by atoms with Gasteiger partial charge in [0.2, 0.25) is 0 Å². The lowest BCUT2D eigenvalue weighted by Gasteiger charge is -2.24. The number of para-hydroxylation sites is 2. The van der Waals surface area contributed by atoms with Crippen molar-refractivity contribution in [1.82, 2.24) is 9.38 Å². The van der Waals surface area contributed by atoms with Crippen LogP contribution in [-0.2, 0) is 4.57 Å². The highest BCUT2D eigenvalue weighted by Gasteiger charge is 2.33. The third-order valence-electron chi connectivity index (χ3n) is 7.80. The summed E-state index contributed by atoms with van der Waals surface area (Å²) in [5, 5.41) is 7.79. The van der Waals surface area contributed by atoms with Gasteiger partial charge in [0.15, 0.2) is 7.14 Å². The maximum atomic E-state index is 15.8. The molecule has 0 spiro atoms. The van der Waals surface area contributed by atoms with Crippen LogP contribution in [0, 0.1) is 0 Å². The van der Waals surface area contributed by atoms with Gasteiger partial charge in [-0.1, -0.05) is 121 Å². The van der Waals surface area contributed by atoms with Crippen molar-refractivity contribution in [2.24, 2.45) is 0 Å². The molecule has 0 fully saturated rings. The Balaban J connectivity index is 1.71. The van der Waals surface area contributed by atoms with Crippen LogP contribution in [0.25, 0.3) is 49.1 Å². The molecule has 184 valence electrons. The molecule has 39 heavy (non-hydrogen) atoms. The first-order chi connectivity index (χ1) is 19.2. The van der Waals surface area contributed by atoms with Crippen LogP contribution in [0.3, 0.4) is 0 Å². The minimum absolute atomic E-state index is 0.826. The molecule has 2 aromatic heterocycles. The fourth-order valence-corrected chi connectivity index (χ4v) is 8.99. The second-order valence-corrected chi connectivity index (χ2v) is 12.7. The van der Waals surface area contributed by atoms with E-state index in [1.54, 1.807) is 0 Å². The summed E-state index contributed by atoms with van der Waals surface area (Å²) >= 11 is 0. The summed E-state index contributed by atoms with van der Waals surface area (Å²) in [7, 11) is -3.28. The molecular formula is C35H23N2OP. The lowest BCUT2D eigenvalue weighted by atomic mass is 10.0. The highest BCUT2D eigenvalue weighted by molar-refractivity contribution is 7.85. The van der Waals surface area contributed by atoms with E-state index in [-0.39, 0.29) is 0 Å². The fraction of sp³-hybridized carbons (Fsp3) is 0. The monoisotopic (exact) mass is 518 g/mol. The summed E-state index contributed by atoms with van der Waals surface area (Å²) in [5.74, 6) is 0. The van der Waals surface area contributed by atoms with Gasteiger partial charge in [-0.2, -0.15) is 0 Å². The van der Waals surface area contributed by atoms with Crippen LogP contribution in [0.1, 0.15) is 0 Å². The largest absolute Gasteiger partial charge is 0.309 e. The van der Waals surface area contributed by atoms with Crippen molar-refractivity contribution in [3.05, 3.63) is 140 Å². The van der Waals surface area contributed by atoms with Crippen molar-refractivity contribution in [2.75, 3.05) is 0 Å². The van der Waals surface area contributed by atoms with Gasteiger partial charge >= 0.3 is 0 Å². The van der Waals surface area contributed by atoms with Gasteiger partial charge in [0.1, 0.15) is 5.65 Å². The molecule has 0 amide bonds. The van der Waals surface area contributed by atoms with Crippen LogP contribution in [0.4, 0.5) is 0 Å². The molecular weight excluding hydrogens is 495 g/mol. The highest BCUT2D eigenvalue weighted by Crippen LogP contribution is 2.47. The Hall–Kier alpha value is -4.72. The lowest BCUT2D eigenvalue weighted by molar-refractivity contribution is 0.592. The number of aromatic nitrogens is 2. The molecule has 0 saturated carbocycles. The second-order valence-electron chi connectivity index (χ2n) is 9.93. The lowest BCUT2D eigenvalue weighted by Crippen LogP contribution is -2.26. The Morgan fingerprint density at radius 3 is 1.85 bits per heavy atom. The van der Waals surface area contributed by atoms with Gasteiger partial charge in [0.05, 0.1) is 16.6 Å². The average molecular weight is 519 g/mol. The molecule has 0 radical (unpaired) electrons. The van der Waals surface area contributed by atoms with Crippen LogP contribution in [0.2, 0.25) is 0 Å². The van der Waals surface area contributed by atoms with Crippen molar-refractivity contribution in [2.45, 2.75) is 0 Å². The Morgan fingerprint density at radius 2 is 1.13 bits per heavy atom. The van der Waals surface area contributed by atoms with Gasteiger partial charge < -0.3 is 4.57 Å². The average Bonchev–Trinajstić information content (AvgIpc) is 3.41. The molecule has 6 aromatic carbocycles. The summed E-state index contributed by atoms with van der Waals surface area (Å²) in [4.78, 5) is 5.10. The third kappa shape index (κ3) is 3.11. The minimum Gasteiger partial charge on any atom is -0.309 e. The van der Waals surface area contributed by atoms with E-state index in [9.17, 15) is 0 Å². The van der Waals surface area contributed by atoms with Crippen LogP contribution in [0.5, 0.6) is 0 Å². The second kappa shape index (κ2) is 8.39. The van der Waals surface area contributed by atoms with E-state index >= 15 is 4.57 Å². The first-order valence-corrected chi connectivity index (χ1v) is 14.8. The quantitative estimate of drug-likeness (QED) is 0.178. The number of benzene rings is 6. The number of nitrogens with zero attached hydrogens (tertiary/aromatic N) is 2. The zero-order chi connectivity index (χ0) is 26.0. The third-order valence-corrected chi connectivity index (χ3v) is 10.9. The molecule has 8 aromatic rings. The van der Waals surface area contributed by atoms with E-state index in [0.29, 0.717) is 0 Å². The predicted octanol–water partition coefficient (Wildman–Crippen LogP) is 7.59. The molecule has 0 bridgehead atoms. The number of hydrogen-bond acceptors (Lipinski definition) is 2. The number of hydrogen-bond donors (Lipinski definition) is 0. The van der Waals surface area contributed by atoms with Gasteiger partial charge in [-0.15, -0.1) is 0 Å². The molecule has 3 nitrogen and oxygen atoms in total. The molecule has 0 aliphatic heterocycles. The summed E-state index contributed by atoms with van der Waals surface area (Å²) in [6.07, 6.45) is 0. The first kappa shape index (κ1) is 22.3. The van der Waals surface area contributed by atoms with Crippen molar-refractivity contribution >= 4 is 72.2 Å². The van der Waals surface area contributed by atoms with Crippen molar-refractivity contribution in [3.63, 3.8) is 0 Å². The zero-order valence-corrected chi connectivity index (χ0v) is 21.9. The molecule has 8 rings (SSSR count). The zero-order valence-electron chi connectivity index (χ0n) is 21.0. The molecule has 0 aliphatic rings. The maximum absolute atomic E-state index is 15.8. The van der Waals surface area contributed by atoms with Gasteiger partial charge in [-0.3, -0.25) is 4.40 Å². The minimum atomic E-state index is -3.28. The van der Waals surface area contributed by atoms with Crippen LogP contribution < -0.4 is 15.9 Å². The Morgan fingerprint density at radius 1 is 0.564 bits per heavy atom. The van der Waals surface area contributed by atoms with Crippen molar-refractivity contribution in [3.8, 4) is 0 Å². The summed E-state index contributed by atoms with van der Waals surface area (Å²) in [6, 6.07) is 47.2. The standard InChI is InChI=1S/C35H23N2OP/c38-39(25-14-3-1-4-15-25,26-16-5-2-6-17-26)32-23-24-13-7-8-18-27(24)34-33(32)28-19-9-10-20-29(28)35-36-30-21-11-12-22-31(30)37(34)35/h1-23H. The highest BCUT2D eigenvalue weighted by atomic mass is 31.2. The van der Waals surface area contributed by atoms with Gasteiger partial charge in [0, 0.05) is 32.1 Å². The molecule has 0 atom stereocenters. The Bertz CT molecular complexity index is 2210. The van der Waals surface area contributed by atoms with Gasteiger partial charge in [0.25, 0.3) is 0 Å². The molecule has 0 N–H and O–H groups in total. The number of fused-ring (bicyclic) bond motifs is 10. The Labute approximate surface area is 225 Å². The van der Waals surface area contributed by atoms with Crippen molar-refractivity contribution in [1.29, 1.82) is 0 Å². The number of imidazole rings is 1. The number of pyridine rings is 1. The van der Waals surface area contributed by atoms with E-state index in [1.807, 2.05) is 66.7 Å². The van der Waals surface area contributed by atoms with E-state index in [2.05, 4.69) is 77.2 Å². The topological polar surface area (TPSA) is 34.4 Å². The van der Waals surface area contributed by atoms with Crippen LogP contribution >= 0.6 is 7.14 Å². The smallest absolute Gasteiger partial charge is 0.171 e. The van der Waals surface area contributed by atoms with E-state index in [0.717, 1.165) is 65.0 Å². The summed E-state index contributed by atoms with van der Waals surface area (Å²) in [5.41, 5.74) is 3.94. The van der Waals surface area contributed by atoms with Gasteiger partial charge in [-0.25, -0.2) is 4.98 Å².